The van der Waals surface area contributed by atoms with Crippen LogP contribution in [0.3, 0.4) is 0 Å². The van der Waals surface area contributed by atoms with Gasteiger partial charge in [0, 0.05) is 44.8 Å². The molecule has 5 nitrogen and oxygen atoms in total. The number of hydrogen-bond acceptors (Lipinski definition) is 4. The largest absolute Gasteiger partial charge is 0.371 e. The monoisotopic (exact) mass is 310 g/mol. The van der Waals surface area contributed by atoms with Crippen molar-refractivity contribution in [1.82, 2.24) is 4.98 Å². The van der Waals surface area contributed by atoms with Gasteiger partial charge in [-0.1, -0.05) is 6.07 Å². The van der Waals surface area contributed by atoms with Crippen LogP contribution in [0.4, 0.5) is 17.2 Å². The van der Waals surface area contributed by atoms with Gasteiger partial charge < -0.3 is 15.1 Å². The van der Waals surface area contributed by atoms with Gasteiger partial charge in [-0.25, -0.2) is 4.98 Å². The molecular weight excluding hydrogens is 288 g/mol. The fourth-order valence-electron chi connectivity index (χ4n) is 2.88. The van der Waals surface area contributed by atoms with Gasteiger partial charge in [0.1, 0.15) is 5.82 Å². The molecule has 1 aliphatic rings. The molecule has 3 rings (SSSR count). The van der Waals surface area contributed by atoms with Gasteiger partial charge in [0.25, 0.3) is 5.91 Å². The van der Waals surface area contributed by atoms with Crippen LogP contribution < -0.4 is 15.1 Å². The van der Waals surface area contributed by atoms with Crippen molar-refractivity contribution in [3.05, 3.63) is 48.2 Å². The molecule has 2 aromatic rings. The third kappa shape index (κ3) is 3.44. The zero-order chi connectivity index (χ0) is 16.2. The first-order valence-electron chi connectivity index (χ1n) is 7.94. The summed E-state index contributed by atoms with van der Waals surface area (Å²) in [5.74, 6) is 0.529. The standard InChI is InChI=1S/C18H22N4O/c1-21(2)17-16(9-6-10-19-17)18(23)20-14-7-5-8-15(13-14)22-11-3-4-12-22/h5-10,13H,3-4,11-12H2,1-2H3,(H,20,23). The van der Waals surface area contributed by atoms with Crippen LogP contribution in [0.2, 0.25) is 0 Å². The Kier molecular flexibility index (Phi) is 4.46. The molecule has 1 fully saturated rings. The summed E-state index contributed by atoms with van der Waals surface area (Å²) in [6.45, 7) is 2.18. The van der Waals surface area contributed by atoms with E-state index in [9.17, 15) is 4.79 Å². The molecule has 1 aliphatic heterocycles. The van der Waals surface area contributed by atoms with Crippen molar-refractivity contribution in [3.8, 4) is 0 Å². The number of carbonyl (C=O) groups is 1. The maximum absolute atomic E-state index is 12.6. The molecule has 0 bridgehead atoms. The van der Waals surface area contributed by atoms with E-state index in [1.165, 1.54) is 18.5 Å². The van der Waals surface area contributed by atoms with Crippen LogP contribution in [0.1, 0.15) is 23.2 Å². The van der Waals surface area contributed by atoms with Crippen LogP contribution in [-0.4, -0.2) is 38.1 Å². The van der Waals surface area contributed by atoms with Gasteiger partial charge in [-0.15, -0.1) is 0 Å². The van der Waals surface area contributed by atoms with Crippen LogP contribution in [0.25, 0.3) is 0 Å². The molecule has 0 spiro atoms. The summed E-state index contributed by atoms with van der Waals surface area (Å²) in [7, 11) is 3.76. The highest BCUT2D eigenvalue weighted by atomic mass is 16.1. The van der Waals surface area contributed by atoms with E-state index in [0.717, 1.165) is 18.8 Å². The second-order valence-electron chi connectivity index (χ2n) is 5.97. The normalized spacial score (nSPS) is 13.9. The maximum Gasteiger partial charge on any atom is 0.259 e. The number of rotatable bonds is 4. The van der Waals surface area contributed by atoms with Crippen molar-refractivity contribution in [3.63, 3.8) is 0 Å². The van der Waals surface area contributed by atoms with Crippen molar-refractivity contribution >= 4 is 23.1 Å². The number of nitrogens with one attached hydrogen (secondary N) is 1. The lowest BCUT2D eigenvalue weighted by Crippen LogP contribution is -2.20. The molecule has 0 radical (unpaired) electrons. The summed E-state index contributed by atoms with van der Waals surface area (Å²) >= 11 is 0. The van der Waals surface area contributed by atoms with Crippen LogP contribution in [0.5, 0.6) is 0 Å². The van der Waals surface area contributed by atoms with E-state index in [4.69, 9.17) is 0 Å². The highest BCUT2D eigenvalue weighted by Crippen LogP contribution is 2.24. The molecule has 1 amide bonds. The molecule has 1 aromatic carbocycles. The van der Waals surface area contributed by atoms with E-state index in [0.29, 0.717) is 11.4 Å². The Morgan fingerprint density at radius 1 is 1.17 bits per heavy atom. The Hall–Kier alpha value is -2.56. The van der Waals surface area contributed by atoms with E-state index < -0.39 is 0 Å². The van der Waals surface area contributed by atoms with E-state index in [2.05, 4.69) is 21.3 Å². The summed E-state index contributed by atoms with van der Waals surface area (Å²) < 4.78 is 0. The van der Waals surface area contributed by atoms with E-state index in [-0.39, 0.29) is 5.91 Å². The Balaban J connectivity index is 1.79. The second kappa shape index (κ2) is 6.69. The van der Waals surface area contributed by atoms with Crippen molar-refractivity contribution in [2.24, 2.45) is 0 Å². The molecular formula is C18H22N4O. The van der Waals surface area contributed by atoms with Crippen LogP contribution in [0.15, 0.2) is 42.6 Å². The van der Waals surface area contributed by atoms with E-state index in [1.54, 1.807) is 18.3 Å². The van der Waals surface area contributed by atoms with Crippen molar-refractivity contribution in [2.75, 3.05) is 42.3 Å². The molecule has 1 saturated heterocycles. The van der Waals surface area contributed by atoms with Crippen LogP contribution in [0, 0.1) is 0 Å². The third-order valence-corrected chi connectivity index (χ3v) is 4.03. The molecule has 5 heteroatoms. The number of amides is 1. The minimum absolute atomic E-state index is 0.139. The number of hydrogen-bond donors (Lipinski definition) is 1. The molecule has 1 N–H and O–H groups in total. The third-order valence-electron chi connectivity index (χ3n) is 4.03. The van der Waals surface area contributed by atoms with E-state index >= 15 is 0 Å². The number of benzene rings is 1. The zero-order valence-corrected chi connectivity index (χ0v) is 13.6. The molecule has 120 valence electrons. The summed E-state index contributed by atoms with van der Waals surface area (Å²) in [5, 5.41) is 2.99. The smallest absolute Gasteiger partial charge is 0.259 e. The number of aromatic nitrogens is 1. The lowest BCUT2D eigenvalue weighted by atomic mass is 10.2. The topological polar surface area (TPSA) is 48.5 Å². The lowest BCUT2D eigenvalue weighted by molar-refractivity contribution is 0.102. The number of carbonyl (C=O) groups excluding carboxylic acids is 1. The molecule has 0 atom stereocenters. The molecule has 0 unspecified atom stereocenters. The van der Waals surface area contributed by atoms with Crippen LogP contribution in [-0.2, 0) is 0 Å². The Morgan fingerprint density at radius 3 is 2.70 bits per heavy atom. The fraction of sp³-hybridized carbons (Fsp3) is 0.333. The quantitative estimate of drug-likeness (QED) is 0.943. The van der Waals surface area contributed by atoms with Gasteiger partial charge in [-0.2, -0.15) is 0 Å². The molecule has 1 aromatic heterocycles. The Labute approximate surface area is 136 Å². The SMILES string of the molecule is CN(C)c1ncccc1C(=O)Nc1cccc(N2CCCC2)c1. The molecule has 23 heavy (non-hydrogen) atoms. The summed E-state index contributed by atoms with van der Waals surface area (Å²) in [6, 6.07) is 11.6. The number of pyridine rings is 1. The van der Waals surface area contributed by atoms with Crippen LogP contribution >= 0.6 is 0 Å². The van der Waals surface area contributed by atoms with E-state index in [1.807, 2.05) is 37.2 Å². The van der Waals surface area contributed by atoms with Gasteiger partial charge in [0.15, 0.2) is 0 Å². The van der Waals surface area contributed by atoms with Gasteiger partial charge in [0.2, 0.25) is 0 Å². The molecule has 2 heterocycles. The first-order valence-corrected chi connectivity index (χ1v) is 7.94. The van der Waals surface area contributed by atoms with Crippen molar-refractivity contribution in [2.45, 2.75) is 12.8 Å². The minimum Gasteiger partial charge on any atom is -0.371 e. The van der Waals surface area contributed by atoms with Gasteiger partial charge in [0.05, 0.1) is 5.56 Å². The predicted molar refractivity (Wildman–Crippen MR) is 94.4 cm³/mol. The first-order chi connectivity index (χ1) is 11.1. The fourth-order valence-corrected chi connectivity index (χ4v) is 2.88. The maximum atomic E-state index is 12.6. The minimum atomic E-state index is -0.139. The van der Waals surface area contributed by atoms with Crippen molar-refractivity contribution in [1.29, 1.82) is 0 Å². The zero-order valence-electron chi connectivity index (χ0n) is 13.6. The predicted octanol–water partition coefficient (Wildman–Crippen LogP) is 3.00. The summed E-state index contributed by atoms with van der Waals surface area (Å²) in [4.78, 5) is 21.1. The average Bonchev–Trinajstić information content (AvgIpc) is 3.09. The second-order valence-corrected chi connectivity index (χ2v) is 5.97. The lowest BCUT2D eigenvalue weighted by Gasteiger charge is -2.19. The Bertz CT molecular complexity index is 693. The Morgan fingerprint density at radius 2 is 1.96 bits per heavy atom. The van der Waals surface area contributed by atoms with Gasteiger partial charge >= 0.3 is 0 Å². The van der Waals surface area contributed by atoms with Gasteiger partial charge in [-0.05, 0) is 43.2 Å². The highest BCUT2D eigenvalue weighted by Gasteiger charge is 2.15. The first kappa shape index (κ1) is 15.3. The summed E-state index contributed by atoms with van der Waals surface area (Å²) in [5.41, 5.74) is 2.55. The number of nitrogens with zero attached hydrogens (tertiary/aromatic N) is 3. The van der Waals surface area contributed by atoms with Crippen molar-refractivity contribution < 1.29 is 4.79 Å². The van der Waals surface area contributed by atoms with Gasteiger partial charge in [-0.3, -0.25) is 4.79 Å². The average molecular weight is 310 g/mol. The molecule has 0 aliphatic carbocycles. The summed E-state index contributed by atoms with van der Waals surface area (Å²) in [6.07, 6.45) is 4.16. The highest BCUT2D eigenvalue weighted by molar-refractivity contribution is 6.07. The molecule has 0 saturated carbocycles. The number of anilines is 3.